The summed E-state index contributed by atoms with van der Waals surface area (Å²) in [5.74, 6) is 0.0920. The molecule has 1 aromatic heterocycles. The van der Waals surface area contributed by atoms with E-state index in [0.29, 0.717) is 6.61 Å². The van der Waals surface area contributed by atoms with E-state index in [1.54, 1.807) is 0 Å². The van der Waals surface area contributed by atoms with Crippen LogP contribution in [0.2, 0.25) is 0 Å². The molecular formula is C17H27N3O3. The van der Waals surface area contributed by atoms with E-state index in [-0.39, 0.29) is 18.1 Å². The Morgan fingerprint density at radius 1 is 1.48 bits per heavy atom. The Labute approximate surface area is 137 Å². The average molecular weight is 321 g/mol. The summed E-state index contributed by atoms with van der Waals surface area (Å²) >= 11 is 0. The van der Waals surface area contributed by atoms with Crippen molar-refractivity contribution in [1.82, 2.24) is 14.7 Å². The molecule has 6 nitrogen and oxygen atoms in total. The van der Waals surface area contributed by atoms with E-state index in [0.717, 1.165) is 50.9 Å². The van der Waals surface area contributed by atoms with Crippen LogP contribution in [-0.2, 0) is 20.8 Å². The molecule has 3 unspecified atom stereocenters. The van der Waals surface area contributed by atoms with Crippen molar-refractivity contribution in [3.63, 3.8) is 0 Å². The quantitative estimate of drug-likeness (QED) is 0.801. The molecule has 0 saturated carbocycles. The zero-order chi connectivity index (χ0) is 16.2. The lowest BCUT2D eigenvalue weighted by Gasteiger charge is -2.28. The van der Waals surface area contributed by atoms with E-state index in [1.165, 1.54) is 0 Å². The molecule has 0 aliphatic carbocycles. The first-order chi connectivity index (χ1) is 11.1. The Morgan fingerprint density at radius 3 is 3.04 bits per heavy atom. The fourth-order valence-electron chi connectivity index (χ4n) is 3.43. The SMILES string of the molecule is Cc1cnn(CC2CCCN2C(=O)C(C)OCC2CCCO2)c1. The van der Waals surface area contributed by atoms with E-state index in [1.807, 2.05) is 35.8 Å². The first-order valence-corrected chi connectivity index (χ1v) is 8.66. The maximum atomic E-state index is 12.7. The van der Waals surface area contributed by atoms with Crippen LogP contribution in [0, 0.1) is 6.92 Å². The van der Waals surface area contributed by atoms with Crippen LogP contribution in [0.4, 0.5) is 0 Å². The second-order valence-electron chi connectivity index (χ2n) is 6.68. The van der Waals surface area contributed by atoms with Crippen molar-refractivity contribution in [2.24, 2.45) is 0 Å². The highest BCUT2D eigenvalue weighted by molar-refractivity contribution is 5.81. The van der Waals surface area contributed by atoms with Gasteiger partial charge in [0, 0.05) is 19.3 Å². The monoisotopic (exact) mass is 321 g/mol. The number of aryl methyl sites for hydroxylation is 1. The van der Waals surface area contributed by atoms with E-state index in [9.17, 15) is 4.79 Å². The van der Waals surface area contributed by atoms with Crippen LogP contribution in [-0.4, -0.2) is 58.6 Å². The lowest BCUT2D eigenvalue weighted by atomic mass is 10.2. The van der Waals surface area contributed by atoms with Crippen molar-refractivity contribution in [2.75, 3.05) is 19.8 Å². The molecule has 2 saturated heterocycles. The van der Waals surface area contributed by atoms with Gasteiger partial charge >= 0.3 is 0 Å². The van der Waals surface area contributed by atoms with Crippen LogP contribution in [0.5, 0.6) is 0 Å². The molecule has 3 atom stereocenters. The Bertz CT molecular complexity index is 525. The van der Waals surface area contributed by atoms with Crippen molar-refractivity contribution in [3.05, 3.63) is 18.0 Å². The molecule has 0 radical (unpaired) electrons. The number of nitrogens with zero attached hydrogens (tertiary/aromatic N) is 3. The van der Waals surface area contributed by atoms with Gasteiger partial charge in [-0.3, -0.25) is 9.48 Å². The minimum absolute atomic E-state index is 0.0920. The Balaban J connectivity index is 1.52. The van der Waals surface area contributed by atoms with Gasteiger partial charge in [-0.15, -0.1) is 0 Å². The first kappa shape index (κ1) is 16.5. The van der Waals surface area contributed by atoms with E-state index in [4.69, 9.17) is 9.47 Å². The second kappa shape index (κ2) is 7.45. The zero-order valence-corrected chi connectivity index (χ0v) is 14.1. The summed E-state index contributed by atoms with van der Waals surface area (Å²) in [6.45, 7) is 6.79. The number of amides is 1. The van der Waals surface area contributed by atoms with Crippen LogP contribution < -0.4 is 0 Å². The lowest BCUT2D eigenvalue weighted by Crippen LogP contribution is -2.44. The molecule has 1 aromatic rings. The Morgan fingerprint density at radius 2 is 2.35 bits per heavy atom. The van der Waals surface area contributed by atoms with Gasteiger partial charge in [0.15, 0.2) is 0 Å². The minimum Gasteiger partial charge on any atom is -0.376 e. The number of likely N-dealkylation sites (tertiary alicyclic amines) is 1. The lowest BCUT2D eigenvalue weighted by molar-refractivity contribution is -0.145. The predicted octanol–water partition coefficient (Wildman–Crippen LogP) is 1.77. The molecule has 0 spiro atoms. The largest absolute Gasteiger partial charge is 0.376 e. The number of aromatic nitrogens is 2. The van der Waals surface area contributed by atoms with Crippen LogP contribution in [0.3, 0.4) is 0 Å². The van der Waals surface area contributed by atoms with Crippen molar-refractivity contribution in [3.8, 4) is 0 Å². The minimum atomic E-state index is -0.404. The molecule has 0 aromatic carbocycles. The van der Waals surface area contributed by atoms with Gasteiger partial charge in [0.05, 0.1) is 31.5 Å². The number of ether oxygens (including phenoxy) is 2. The summed E-state index contributed by atoms with van der Waals surface area (Å²) in [4.78, 5) is 14.7. The maximum Gasteiger partial charge on any atom is 0.251 e. The fraction of sp³-hybridized carbons (Fsp3) is 0.765. The molecule has 0 N–H and O–H groups in total. The smallest absolute Gasteiger partial charge is 0.251 e. The van der Waals surface area contributed by atoms with E-state index in [2.05, 4.69) is 5.10 Å². The molecule has 3 heterocycles. The molecule has 3 rings (SSSR count). The van der Waals surface area contributed by atoms with Crippen LogP contribution >= 0.6 is 0 Å². The van der Waals surface area contributed by atoms with Gasteiger partial charge in [-0.1, -0.05) is 0 Å². The van der Waals surface area contributed by atoms with E-state index >= 15 is 0 Å². The molecule has 2 fully saturated rings. The van der Waals surface area contributed by atoms with Crippen LogP contribution in [0.25, 0.3) is 0 Å². The highest BCUT2D eigenvalue weighted by Gasteiger charge is 2.32. The first-order valence-electron chi connectivity index (χ1n) is 8.66. The summed E-state index contributed by atoms with van der Waals surface area (Å²) in [7, 11) is 0. The molecule has 0 bridgehead atoms. The molecule has 2 aliphatic rings. The number of rotatable bonds is 6. The van der Waals surface area contributed by atoms with Gasteiger partial charge in [-0.2, -0.15) is 5.10 Å². The normalized spacial score (nSPS) is 25.9. The van der Waals surface area contributed by atoms with Gasteiger partial charge in [0.25, 0.3) is 5.91 Å². The molecule has 1 amide bonds. The summed E-state index contributed by atoms with van der Waals surface area (Å²) in [5, 5.41) is 4.34. The average Bonchev–Trinajstić information content (AvgIpc) is 3.27. The molecule has 6 heteroatoms. The number of hydrogen-bond acceptors (Lipinski definition) is 4. The topological polar surface area (TPSA) is 56.6 Å². The van der Waals surface area contributed by atoms with Gasteiger partial charge in [0.1, 0.15) is 6.10 Å². The third-order valence-electron chi connectivity index (χ3n) is 4.72. The van der Waals surface area contributed by atoms with Gasteiger partial charge in [-0.05, 0) is 45.1 Å². The van der Waals surface area contributed by atoms with Gasteiger partial charge in [0.2, 0.25) is 0 Å². The highest BCUT2D eigenvalue weighted by Crippen LogP contribution is 2.21. The van der Waals surface area contributed by atoms with E-state index < -0.39 is 6.10 Å². The zero-order valence-electron chi connectivity index (χ0n) is 14.1. The summed E-state index contributed by atoms with van der Waals surface area (Å²) < 4.78 is 13.2. The summed E-state index contributed by atoms with van der Waals surface area (Å²) in [5.41, 5.74) is 1.15. The predicted molar refractivity (Wildman–Crippen MR) is 86.1 cm³/mol. The van der Waals surface area contributed by atoms with Crippen molar-refractivity contribution >= 4 is 5.91 Å². The molecule has 2 aliphatic heterocycles. The third kappa shape index (κ3) is 4.12. The fourth-order valence-corrected chi connectivity index (χ4v) is 3.43. The number of carbonyl (C=O) groups excluding carboxylic acids is 1. The third-order valence-corrected chi connectivity index (χ3v) is 4.72. The number of hydrogen-bond donors (Lipinski definition) is 0. The summed E-state index contributed by atoms with van der Waals surface area (Å²) in [6.07, 6.45) is 7.84. The maximum absolute atomic E-state index is 12.7. The Hall–Kier alpha value is -1.40. The Kier molecular flexibility index (Phi) is 5.33. The summed E-state index contributed by atoms with van der Waals surface area (Å²) in [6, 6.07) is 0.218. The number of carbonyl (C=O) groups is 1. The van der Waals surface area contributed by atoms with Crippen molar-refractivity contribution < 1.29 is 14.3 Å². The van der Waals surface area contributed by atoms with Crippen molar-refractivity contribution in [2.45, 2.75) is 64.3 Å². The second-order valence-corrected chi connectivity index (χ2v) is 6.68. The van der Waals surface area contributed by atoms with Crippen LogP contribution in [0.1, 0.15) is 38.2 Å². The highest BCUT2D eigenvalue weighted by atomic mass is 16.5. The molecule has 23 heavy (non-hydrogen) atoms. The standard InChI is InChI=1S/C17H27N3O3/c1-13-9-18-19(10-13)11-15-5-3-7-20(15)17(21)14(2)23-12-16-6-4-8-22-16/h9-10,14-16H,3-8,11-12H2,1-2H3. The molecular weight excluding hydrogens is 294 g/mol. The van der Waals surface area contributed by atoms with Gasteiger partial charge in [-0.25, -0.2) is 0 Å². The van der Waals surface area contributed by atoms with Crippen LogP contribution in [0.15, 0.2) is 12.4 Å². The van der Waals surface area contributed by atoms with Crippen molar-refractivity contribution in [1.29, 1.82) is 0 Å². The van der Waals surface area contributed by atoms with Gasteiger partial charge < -0.3 is 14.4 Å². The molecule has 128 valence electrons.